The lowest BCUT2D eigenvalue weighted by Crippen LogP contribution is -2.16. The van der Waals surface area contributed by atoms with Gasteiger partial charge in [0.2, 0.25) is 0 Å². The Balaban J connectivity index is 3.44. The molecule has 0 radical (unpaired) electrons. The Kier molecular flexibility index (Phi) is 21.3. The Bertz CT molecular complexity index is 301. The van der Waals surface area contributed by atoms with E-state index >= 15 is 0 Å². The molecule has 0 heterocycles. The maximum absolute atomic E-state index is 11.9. The van der Waals surface area contributed by atoms with Gasteiger partial charge < -0.3 is 4.74 Å². The zero-order valence-corrected chi connectivity index (χ0v) is 19.0. The van der Waals surface area contributed by atoms with Crippen molar-refractivity contribution in [2.75, 3.05) is 7.11 Å². The van der Waals surface area contributed by atoms with Crippen molar-refractivity contribution in [2.45, 2.75) is 142 Å². The van der Waals surface area contributed by atoms with Crippen LogP contribution in [0.15, 0.2) is 0 Å². The van der Waals surface area contributed by atoms with Crippen LogP contribution in [0.2, 0.25) is 0 Å². The molecule has 0 saturated heterocycles. The van der Waals surface area contributed by atoms with Gasteiger partial charge in [-0.25, -0.2) is 0 Å². The van der Waals surface area contributed by atoms with Gasteiger partial charge in [-0.2, -0.15) is 0 Å². The fourth-order valence-electron chi connectivity index (χ4n) is 3.95. The number of ether oxygens (including phenoxy) is 1. The normalized spacial score (nSPS) is 12.3. The lowest BCUT2D eigenvalue weighted by Gasteiger charge is -2.14. The summed E-state index contributed by atoms with van der Waals surface area (Å²) >= 11 is 0. The summed E-state index contributed by atoms with van der Waals surface area (Å²) in [4.78, 5) is 11.9. The van der Waals surface area contributed by atoms with Crippen LogP contribution < -0.4 is 0 Å². The SMILES string of the molecule is CCCCCCCCCCCCCCCCC(CCCCCC)C(=O)OC. The minimum atomic E-state index is 0.0150. The summed E-state index contributed by atoms with van der Waals surface area (Å²) in [5.41, 5.74) is 0. The average Bonchev–Trinajstić information content (AvgIpc) is 2.69. The van der Waals surface area contributed by atoms with Crippen molar-refractivity contribution in [3.8, 4) is 0 Å². The Hall–Kier alpha value is -0.530. The van der Waals surface area contributed by atoms with Gasteiger partial charge in [0.1, 0.15) is 0 Å². The molecule has 1 unspecified atom stereocenters. The van der Waals surface area contributed by atoms with Gasteiger partial charge in [-0.3, -0.25) is 4.79 Å². The van der Waals surface area contributed by atoms with Crippen LogP contribution in [0.25, 0.3) is 0 Å². The summed E-state index contributed by atoms with van der Waals surface area (Å²) in [6.45, 7) is 4.51. The maximum atomic E-state index is 11.9. The summed E-state index contributed by atoms with van der Waals surface area (Å²) in [7, 11) is 1.53. The molecule has 162 valence electrons. The van der Waals surface area contributed by atoms with E-state index in [0.717, 1.165) is 12.8 Å². The fraction of sp³-hybridized carbons (Fsp3) is 0.960. The largest absolute Gasteiger partial charge is 0.469 e. The maximum Gasteiger partial charge on any atom is 0.308 e. The summed E-state index contributed by atoms with van der Waals surface area (Å²) < 4.78 is 5.00. The third kappa shape index (κ3) is 18.6. The summed E-state index contributed by atoms with van der Waals surface area (Å²) in [6.07, 6.45) is 26.4. The molecule has 0 saturated carbocycles. The van der Waals surface area contributed by atoms with Gasteiger partial charge in [-0.1, -0.05) is 129 Å². The number of carbonyl (C=O) groups is 1. The van der Waals surface area contributed by atoms with Crippen LogP contribution in [0.1, 0.15) is 142 Å². The van der Waals surface area contributed by atoms with Gasteiger partial charge in [0.05, 0.1) is 13.0 Å². The minimum absolute atomic E-state index is 0.0150. The predicted molar refractivity (Wildman–Crippen MR) is 119 cm³/mol. The predicted octanol–water partition coefficient (Wildman–Crippen LogP) is 8.62. The molecule has 0 spiro atoms. The monoisotopic (exact) mass is 382 g/mol. The van der Waals surface area contributed by atoms with Crippen molar-refractivity contribution in [1.82, 2.24) is 0 Å². The molecular weight excluding hydrogens is 332 g/mol. The van der Waals surface area contributed by atoms with Gasteiger partial charge in [-0.05, 0) is 12.8 Å². The molecule has 0 aliphatic rings. The quantitative estimate of drug-likeness (QED) is 0.147. The Morgan fingerprint density at radius 3 is 1.19 bits per heavy atom. The molecule has 0 aliphatic heterocycles. The second kappa shape index (κ2) is 21.8. The van der Waals surface area contributed by atoms with Gasteiger partial charge in [-0.15, -0.1) is 0 Å². The van der Waals surface area contributed by atoms with E-state index in [1.807, 2.05) is 0 Å². The van der Waals surface area contributed by atoms with Crippen LogP contribution >= 0.6 is 0 Å². The summed E-state index contributed by atoms with van der Waals surface area (Å²) in [5.74, 6) is 0.158. The van der Waals surface area contributed by atoms with Crippen molar-refractivity contribution in [3.05, 3.63) is 0 Å². The highest BCUT2D eigenvalue weighted by molar-refractivity contribution is 5.72. The first-order chi connectivity index (χ1) is 13.3. The zero-order valence-electron chi connectivity index (χ0n) is 19.0. The van der Waals surface area contributed by atoms with Crippen LogP contribution in [0.5, 0.6) is 0 Å². The number of hydrogen-bond acceptors (Lipinski definition) is 2. The van der Waals surface area contributed by atoms with Crippen molar-refractivity contribution < 1.29 is 9.53 Å². The molecule has 2 nitrogen and oxygen atoms in total. The first-order valence-electron chi connectivity index (χ1n) is 12.3. The van der Waals surface area contributed by atoms with Gasteiger partial charge >= 0.3 is 5.97 Å². The number of methoxy groups -OCH3 is 1. The minimum Gasteiger partial charge on any atom is -0.469 e. The van der Waals surface area contributed by atoms with Gasteiger partial charge in [0.25, 0.3) is 0 Å². The van der Waals surface area contributed by atoms with E-state index in [4.69, 9.17) is 4.74 Å². The Labute approximate surface area is 171 Å². The molecule has 0 aromatic heterocycles. The highest BCUT2D eigenvalue weighted by Crippen LogP contribution is 2.20. The first kappa shape index (κ1) is 26.5. The van der Waals surface area contributed by atoms with E-state index in [9.17, 15) is 4.79 Å². The zero-order chi connectivity index (χ0) is 20.0. The number of rotatable bonds is 21. The van der Waals surface area contributed by atoms with E-state index in [1.165, 1.54) is 123 Å². The Morgan fingerprint density at radius 1 is 0.556 bits per heavy atom. The fourth-order valence-corrected chi connectivity index (χ4v) is 3.95. The molecule has 0 aliphatic carbocycles. The van der Waals surface area contributed by atoms with Crippen LogP contribution in [0.4, 0.5) is 0 Å². The summed E-state index contributed by atoms with van der Waals surface area (Å²) in [5, 5.41) is 0. The molecule has 2 heteroatoms. The standard InChI is InChI=1S/C25H50O2/c1-4-6-8-10-11-12-13-14-15-16-17-18-19-21-23-24(25(26)27-3)22-20-9-7-5-2/h24H,4-23H2,1-3H3. The molecule has 0 aromatic carbocycles. The van der Waals surface area contributed by atoms with Gasteiger partial charge in [0.15, 0.2) is 0 Å². The van der Waals surface area contributed by atoms with Crippen LogP contribution in [-0.2, 0) is 9.53 Å². The van der Waals surface area contributed by atoms with E-state index in [2.05, 4.69) is 13.8 Å². The third-order valence-electron chi connectivity index (χ3n) is 5.85. The molecule has 0 fully saturated rings. The lowest BCUT2D eigenvalue weighted by atomic mass is 9.94. The smallest absolute Gasteiger partial charge is 0.308 e. The molecule has 1 atom stereocenters. The van der Waals surface area contributed by atoms with E-state index in [1.54, 1.807) is 0 Å². The van der Waals surface area contributed by atoms with Crippen molar-refractivity contribution >= 4 is 5.97 Å². The van der Waals surface area contributed by atoms with Gasteiger partial charge in [0, 0.05) is 0 Å². The molecular formula is C25H50O2. The second-order valence-electron chi connectivity index (χ2n) is 8.45. The van der Waals surface area contributed by atoms with Crippen LogP contribution in [0, 0.1) is 5.92 Å². The average molecular weight is 383 g/mol. The molecule has 0 rings (SSSR count). The van der Waals surface area contributed by atoms with E-state index in [-0.39, 0.29) is 11.9 Å². The first-order valence-corrected chi connectivity index (χ1v) is 12.3. The summed E-state index contributed by atoms with van der Waals surface area (Å²) in [6, 6.07) is 0. The second-order valence-corrected chi connectivity index (χ2v) is 8.45. The lowest BCUT2D eigenvalue weighted by molar-refractivity contribution is -0.146. The van der Waals surface area contributed by atoms with Crippen LogP contribution in [-0.4, -0.2) is 13.1 Å². The number of carbonyl (C=O) groups excluding carboxylic acids is 1. The molecule has 0 aromatic rings. The third-order valence-corrected chi connectivity index (χ3v) is 5.85. The topological polar surface area (TPSA) is 26.3 Å². The Morgan fingerprint density at radius 2 is 0.852 bits per heavy atom. The number of unbranched alkanes of at least 4 members (excludes halogenated alkanes) is 16. The van der Waals surface area contributed by atoms with E-state index in [0.29, 0.717) is 0 Å². The highest BCUT2D eigenvalue weighted by atomic mass is 16.5. The molecule has 0 amide bonds. The molecule has 27 heavy (non-hydrogen) atoms. The highest BCUT2D eigenvalue weighted by Gasteiger charge is 2.17. The number of hydrogen-bond donors (Lipinski definition) is 0. The van der Waals surface area contributed by atoms with Crippen molar-refractivity contribution in [2.24, 2.45) is 5.92 Å². The van der Waals surface area contributed by atoms with Crippen molar-refractivity contribution in [1.29, 1.82) is 0 Å². The number of esters is 1. The molecule has 0 bridgehead atoms. The molecule has 0 N–H and O–H groups in total. The van der Waals surface area contributed by atoms with E-state index < -0.39 is 0 Å². The van der Waals surface area contributed by atoms with Crippen molar-refractivity contribution in [3.63, 3.8) is 0 Å². The van der Waals surface area contributed by atoms with Crippen LogP contribution in [0.3, 0.4) is 0 Å².